The van der Waals surface area contributed by atoms with E-state index in [1.165, 1.54) is 0 Å². The highest BCUT2D eigenvalue weighted by atomic mass is 16.6. The van der Waals surface area contributed by atoms with Gasteiger partial charge >= 0.3 is 12.1 Å². The van der Waals surface area contributed by atoms with Crippen LogP contribution in [0.3, 0.4) is 0 Å². The fourth-order valence-corrected chi connectivity index (χ4v) is 4.00. The largest absolute Gasteiger partial charge is 0.466 e. The van der Waals surface area contributed by atoms with Crippen LogP contribution in [-0.2, 0) is 30.3 Å². The number of esters is 1. The molecule has 2 N–H and O–H groups in total. The topological polar surface area (TPSA) is 138 Å². The summed E-state index contributed by atoms with van der Waals surface area (Å²) in [7, 11) is 0. The SMILES string of the molecule is CCOC(=O)CCNC(=O)C(c1cccc(C)c1)N(CC#N)C(=O)C(Cc1ccccc1)NC(=O)OC(C)(C)C. The van der Waals surface area contributed by atoms with Crippen LogP contribution in [0.15, 0.2) is 54.6 Å². The molecule has 0 heterocycles. The lowest BCUT2D eigenvalue weighted by molar-refractivity contribution is -0.144. The van der Waals surface area contributed by atoms with Gasteiger partial charge in [-0.15, -0.1) is 0 Å². The molecule has 214 valence electrons. The number of nitrogens with one attached hydrogen (secondary N) is 2. The summed E-state index contributed by atoms with van der Waals surface area (Å²) in [5, 5.41) is 15.0. The summed E-state index contributed by atoms with van der Waals surface area (Å²) in [5.74, 6) is -1.68. The van der Waals surface area contributed by atoms with Gasteiger partial charge in [0.15, 0.2) is 0 Å². The number of benzene rings is 2. The van der Waals surface area contributed by atoms with Gasteiger partial charge in [0, 0.05) is 13.0 Å². The summed E-state index contributed by atoms with van der Waals surface area (Å²) >= 11 is 0. The maximum Gasteiger partial charge on any atom is 0.408 e. The third kappa shape index (κ3) is 10.4. The zero-order valence-corrected chi connectivity index (χ0v) is 23.7. The van der Waals surface area contributed by atoms with Crippen LogP contribution in [0, 0.1) is 18.3 Å². The molecule has 0 aliphatic rings. The fraction of sp³-hybridized carbons (Fsp3) is 0.433. The molecule has 2 aromatic carbocycles. The Morgan fingerprint density at radius 2 is 1.75 bits per heavy atom. The minimum Gasteiger partial charge on any atom is -0.466 e. The molecular weight excluding hydrogens is 512 g/mol. The fourth-order valence-electron chi connectivity index (χ4n) is 4.00. The molecule has 10 heteroatoms. The van der Waals surface area contributed by atoms with Crippen molar-refractivity contribution < 1.29 is 28.7 Å². The predicted octanol–water partition coefficient (Wildman–Crippen LogP) is 3.59. The Bertz CT molecular complexity index is 1200. The van der Waals surface area contributed by atoms with E-state index in [2.05, 4.69) is 10.6 Å². The number of carbonyl (C=O) groups is 4. The Labute approximate surface area is 235 Å². The Hall–Kier alpha value is -4.39. The molecule has 2 rings (SSSR count). The molecule has 0 bridgehead atoms. The summed E-state index contributed by atoms with van der Waals surface area (Å²) in [4.78, 5) is 53.2. The number of amides is 3. The van der Waals surface area contributed by atoms with E-state index >= 15 is 0 Å². The van der Waals surface area contributed by atoms with Crippen molar-refractivity contribution in [3.8, 4) is 6.07 Å². The normalized spacial score (nSPS) is 12.3. The number of aryl methyl sites for hydroxylation is 1. The average molecular weight is 551 g/mol. The van der Waals surface area contributed by atoms with E-state index in [1.807, 2.05) is 49.4 Å². The van der Waals surface area contributed by atoms with Gasteiger partial charge in [-0.3, -0.25) is 14.4 Å². The molecule has 0 aliphatic carbocycles. The minimum atomic E-state index is -1.20. The average Bonchev–Trinajstić information content (AvgIpc) is 2.87. The van der Waals surface area contributed by atoms with Gasteiger partial charge in [0.1, 0.15) is 24.2 Å². The molecule has 0 spiro atoms. The number of hydrogen-bond donors (Lipinski definition) is 2. The lowest BCUT2D eigenvalue weighted by Gasteiger charge is -2.33. The number of carbonyl (C=O) groups excluding carboxylic acids is 4. The quantitative estimate of drug-likeness (QED) is 0.304. The van der Waals surface area contributed by atoms with Gasteiger partial charge < -0.3 is 25.0 Å². The smallest absolute Gasteiger partial charge is 0.408 e. The summed E-state index contributed by atoms with van der Waals surface area (Å²) in [6.45, 7) is 8.43. The first kappa shape index (κ1) is 31.8. The molecule has 2 aromatic rings. The zero-order chi connectivity index (χ0) is 29.7. The molecule has 2 unspecified atom stereocenters. The van der Waals surface area contributed by atoms with Gasteiger partial charge in [-0.1, -0.05) is 60.2 Å². The summed E-state index contributed by atoms with van der Waals surface area (Å²) in [6.07, 6.45) is -0.751. The van der Waals surface area contributed by atoms with Gasteiger partial charge in [0.2, 0.25) is 11.8 Å². The highest BCUT2D eigenvalue weighted by Crippen LogP contribution is 2.24. The minimum absolute atomic E-state index is 0.0157. The molecule has 40 heavy (non-hydrogen) atoms. The van der Waals surface area contributed by atoms with Crippen molar-refractivity contribution in [2.24, 2.45) is 0 Å². The molecule has 2 atom stereocenters. The first-order valence-electron chi connectivity index (χ1n) is 13.2. The van der Waals surface area contributed by atoms with Crippen LogP contribution in [0.1, 0.15) is 56.8 Å². The third-order valence-corrected chi connectivity index (χ3v) is 5.65. The molecule has 0 aliphatic heterocycles. The van der Waals surface area contributed by atoms with Crippen molar-refractivity contribution in [1.29, 1.82) is 5.26 Å². The van der Waals surface area contributed by atoms with E-state index in [0.717, 1.165) is 16.0 Å². The summed E-state index contributed by atoms with van der Waals surface area (Å²) < 4.78 is 10.3. The van der Waals surface area contributed by atoms with E-state index in [-0.39, 0.29) is 26.0 Å². The second-order valence-corrected chi connectivity index (χ2v) is 10.2. The predicted molar refractivity (Wildman–Crippen MR) is 149 cm³/mol. The van der Waals surface area contributed by atoms with E-state index in [0.29, 0.717) is 5.56 Å². The monoisotopic (exact) mass is 550 g/mol. The second kappa shape index (κ2) is 15.3. The molecule has 3 amide bonds. The Kier molecular flexibility index (Phi) is 12.1. The van der Waals surface area contributed by atoms with E-state index in [9.17, 15) is 24.4 Å². The Morgan fingerprint density at radius 3 is 2.35 bits per heavy atom. The van der Waals surface area contributed by atoms with Gasteiger partial charge in [-0.05, 0) is 45.7 Å². The summed E-state index contributed by atoms with van der Waals surface area (Å²) in [5.41, 5.74) is 1.28. The third-order valence-electron chi connectivity index (χ3n) is 5.65. The summed E-state index contributed by atoms with van der Waals surface area (Å²) in [6, 6.07) is 15.7. The standard InChI is InChI=1S/C30H38N4O6/c1-6-39-25(35)15-17-32-27(36)26(23-14-10-11-21(2)19-23)34(18-16-31)28(37)24(20-22-12-8-7-9-13-22)33-29(38)40-30(3,4)5/h7-14,19,24,26H,6,15,17-18,20H2,1-5H3,(H,32,36)(H,33,38). The van der Waals surface area contributed by atoms with Crippen molar-refractivity contribution in [2.45, 2.75) is 65.1 Å². The number of alkyl carbamates (subject to hydrolysis) is 1. The first-order chi connectivity index (χ1) is 18.9. The van der Waals surface area contributed by atoms with Crippen LogP contribution in [0.4, 0.5) is 4.79 Å². The van der Waals surface area contributed by atoms with Crippen molar-refractivity contribution in [1.82, 2.24) is 15.5 Å². The lowest BCUT2D eigenvalue weighted by Crippen LogP contribution is -2.54. The van der Waals surface area contributed by atoms with Crippen LogP contribution in [0.5, 0.6) is 0 Å². The van der Waals surface area contributed by atoms with Crippen LogP contribution in [0.25, 0.3) is 0 Å². The highest BCUT2D eigenvalue weighted by molar-refractivity contribution is 5.92. The van der Waals surface area contributed by atoms with Gasteiger partial charge in [-0.25, -0.2) is 4.79 Å². The van der Waals surface area contributed by atoms with Crippen LogP contribution in [-0.4, -0.2) is 60.1 Å². The Morgan fingerprint density at radius 1 is 1.05 bits per heavy atom. The molecule has 0 saturated heterocycles. The van der Waals surface area contributed by atoms with E-state index in [4.69, 9.17) is 9.47 Å². The van der Waals surface area contributed by atoms with Gasteiger partial charge in [-0.2, -0.15) is 5.26 Å². The van der Waals surface area contributed by atoms with Crippen molar-refractivity contribution in [3.63, 3.8) is 0 Å². The van der Waals surface area contributed by atoms with Crippen LogP contribution in [0.2, 0.25) is 0 Å². The highest BCUT2D eigenvalue weighted by Gasteiger charge is 2.36. The van der Waals surface area contributed by atoms with Crippen molar-refractivity contribution >= 4 is 23.9 Å². The number of ether oxygens (including phenoxy) is 2. The zero-order valence-electron chi connectivity index (χ0n) is 23.7. The maximum absolute atomic E-state index is 14.1. The van der Waals surface area contributed by atoms with Crippen LogP contribution >= 0.6 is 0 Å². The van der Waals surface area contributed by atoms with Gasteiger partial charge in [0.05, 0.1) is 19.1 Å². The number of hydrogen-bond acceptors (Lipinski definition) is 7. The maximum atomic E-state index is 14.1. The molecule has 10 nitrogen and oxygen atoms in total. The molecular formula is C30H38N4O6. The van der Waals surface area contributed by atoms with E-state index < -0.39 is 48.1 Å². The second-order valence-electron chi connectivity index (χ2n) is 10.2. The van der Waals surface area contributed by atoms with Crippen LogP contribution < -0.4 is 10.6 Å². The molecule has 0 fully saturated rings. The molecule has 0 saturated carbocycles. The Balaban J connectivity index is 2.45. The number of nitrogens with zero attached hydrogens (tertiary/aromatic N) is 2. The van der Waals surface area contributed by atoms with Crippen molar-refractivity contribution in [2.75, 3.05) is 19.7 Å². The van der Waals surface area contributed by atoms with E-state index in [1.54, 1.807) is 45.9 Å². The van der Waals surface area contributed by atoms with Gasteiger partial charge in [0.25, 0.3) is 0 Å². The first-order valence-corrected chi connectivity index (χ1v) is 13.2. The lowest BCUT2D eigenvalue weighted by atomic mass is 9.99. The van der Waals surface area contributed by atoms with Crippen molar-refractivity contribution in [3.05, 3.63) is 71.3 Å². The molecule has 0 aromatic heterocycles. The number of nitriles is 1. The molecule has 0 radical (unpaired) electrons. The number of rotatable bonds is 12.